The zero-order chi connectivity index (χ0) is 58.5. The molecule has 0 spiro atoms. The van der Waals surface area contributed by atoms with Crippen molar-refractivity contribution in [2.45, 2.75) is 0 Å². The molecule has 6 nitrogen and oxygen atoms in total. The molecule has 0 saturated heterocycles. The van der Waals surface area contributed by atoms with Crippen LogP contribution >= 0.6 is 0 Å². The second-order valence-electron chi connectivity index (χ2n) is 10.4. The Bertz CT molecular complexity index is 3740. The summed E-state index contributed by atoms with van der Waals surface area (Å²) in [4.78, 5) is 6.49. The second-order valence-corrected chi connectivity index (χ2v) is 10.4. The van der Waals surface area contributed by atoms with E-state index in [2.05, 4.69) is 9.69 Å². The molecule has 7 rings (SSSR count). The third kappa shape index (κ3) is 6.55. The van der Waals surface area contributed by atoms with Crippen LogP contribution < -0.4 is 0 Å². The molecule has 6 aromatic carbocycles. The Morgan fingerprint density at radius 1 is 0.463 bits per heavy atom. The van der Waals surface area contributed by atoms with Crippen LogP contribution in [0.3, 0.4) is 0 Å². The fourth-order valence-corrected chi connectivity index (χ4v) is 4.88. The average molecular weight is 709 g/mol. The van der Waals surface area contributed by atoms with Gasteiger partial charge in [-0.15, -0.1) is 0 Å². The Kier molecular flexibility index (Phi) is 4.32. The van der Waals surface area contributed by atoms with Gasteiger partial charge < -0.3 is 0 Å². The molecule has 0 aromatic heterocycles. The zero-order valence-electron chi connectivity index (χ0n) is 50.7. The number of allylic oxidation sites excluding steroid dienone is 5. The molecule has 246 valence electrons. The summed E-state index contributed by atoms with van der Waals surface area (Å²) < 4.78 is 211. The molecule has 1 saturated carbocycles. The van der Waals surface area contributed by atoms with E-state index in [1.807, 2.05) is 0 Å². The fourth-order valence-electron chi connectivity index (χ4n) is 4.88. The van der Waals surface area contributed by atoms with E-state index >= 15 is 0 Å². The fraction of sp³-hybridized carbons (Fsp3) is 0. The lowest BCUT2D eigenvalue weighted by Crippen LogP contribution is -1.86. The normalized spacial score (nSPS) is 20.3. The van der Waals surface area contributed by atoms with Gasteiger partial charge in [0.25, 0.3) is 0 Å². The lowest BCUT2D eigenvalue weighted by atomic mass is 9.97. The molecule has 1 fully saturated rings. The van der Waals surface area contributed by atoms with Crippen LogP contribution in [0.15, 0.2) is 162 Å². The molecule has 0 atom stereocenters. The molecule has 0 heterocycles. The van der Waals surface area contributed by atoms with Crippen LogP contribution in [0.25, 0.3) is 59.9 Å². The van der Waals surface area contributed by atoms with E-state index in [1.54, 1.807) is 12.1 Å². The molecule has 1 aliphatic rings. The first-order valence-electron chi connectivity index (χ1n) is 26.8. The van der Waals surface area contributed by atoms with Crippen molar-refractivity contribution in [3.8, 4) is 57.7 Å². The third-order valence-corrected chi connectivity index (χ3v) is 7.32. The maximum absolute atomic E-state index is 11.2. The van der Waals surface area contributed by atoms with Gasteiger partial charge in [0.05, 0.1) is 77.7 Å². The molecule has 6 heteroatoms. The molecule has 0 N–H and O–H groups in total. The summed E-state index contributed by atoms with van der Waals surface area (Å²) in [7, 11) is 0. The highest BCUT2D eigenvalue weighted by Gasteiger charge is 2.41. The zero-order valence-corrected chi connectivity index (χ0v) is 26.7. The predicted molar refractivity (Wildman–Crippen MR) is 210 cm³/mol. The summed E-state index contributed by atoms with van der Waals surface area (Å²) in [6, 6.07) is -18.8. The maximum atomic E-state index is 11.2. The molecule has 0 amide bonds. The highest BCUT2D eigenvalue weighted by molar-refractivity contribution is 6.11. The van der Waals surface area contributed by atoms with Crippen LogP contribution in [0.4, 0.5) is 5.69 Å². The first kappa shape index (κ1) is 15.8. The number of hydrogen-bond donors (Lipinski definition) is 0. The van der Waals surface area contributed by atoms with Crippen LogP contribution in [0.2, 0.25) is 0 Å². The van der Waals surface area contributed by atoms with Gasteiger partial charge in [-0.25, -0.2) is 9.69 Å². The lowest BCUT2D eigenvalue weighted by molar-refractivity contribution is 1.48. The number of rotatable bonds is 6. The van der Waals surface area contributed by atoms with Crippen molar-refractivity contribution in [3.63, 3.8) is 0 Å². The molecule has 0 unspecified atom stereocenters. The monoisotopic (exact) mass is 708 g/mol. The van der Waals surface area contributed by atoms with Gasteiger partial charge in [0.15, 0.2) is 5.69 Å². The largest absolute Gasteiger partial charge is 0.238 e. The quantitative estimate of drug-likeness (QED) is 0.127. The van der Waals surface area contributed by atoms with Gasteiger partial charge in [0, 0.05) is 2.74 Å². The minimum Gasteiger partial charge on any atom is -0.238 e. The van der Waals surface area contributed by atoms with Gasteiger partial charge in [-0.05, 0) is 103 Å². The Morgan fingerprint density at radius 3 is 1.22 bits per heavy atom. The summed E-state index contributed by atoms with van der Waals surface area (Å²) in [5, 5.41) is 41.6. The van der Waals surface area contributed by atoms with Crippen LogP contribution in [-0.4, -0.2) is 0 Å². The average Bonchev–Trinajstić information content (AvgIpc) is 4.31. The van der Waals surface area contributed by atoms with E-state index in [1.165, 1.54) is 12.1 Å². The third-order valence-electron chi connectivity index (χ3n) is 7.32. The van der Waals surface area contributed by atoms with Crippen molar-refractivity contribution in [1.29, 1.82) is 21.0 Å². The topological polar surface area (TPSA) is 104 Å². The molecule has 1 aliphatic carbocycles. The Labute approximate surface area is 347 Å². The van der Waals surface area contributed by atoms with Crippen molar-refractivity contribution in [2.75, 3.05) is 0 Å². The van der Waals surface area contributed by atoms with E-state index < -0.39 is 245 Å². The maximum Gasteiger partial charge on any atom is 0.202 e. The van der Waals surface area contributed by atoms with Gasteiger partial charge in [0.1, 0.15) is 12.1 Å². The Morgan fingerprint density at radius 2 is 0.852 bits per heavy atom. The van der Waals surface area contributed by atoms with Crippen molar-refractivity contribution in [2.24, 2.45) is 0 Å². The summed E-state index contributed by atoms with van der Waals surface area (Å²) in [6.45, 7) is 15.9. The first-order valence-corrected chi connectivity index (χ1v) is 14.8. The van der Waals surface area contributed by atoms with Gasteiger partial charge in [0.2, 0.25) is 5.70 Å². The SMILES string of the molecule is [2H]c1c([2H])c(/C(C#N)=C2/C(=C(/[N+]#[C-])c3c([2H])c([2H])c([2H])c(-c4c([2H])c([2H])c(C#N)c([2H])c4[2H])c3[2H])/C2=C(/C#N)c2c([2H])c([2H])c([2H])c(-c3c([2H])c([2H])c([N+]#[C-])c([2H])c3[2H])c2[2H])c([2H])c(-c2c([2H])c([2H])c(C#N)c([2H])c2[2H])c1[2H]. The highest BCUT2D eigenvalue weighted by atomic mass is 14.7. The van der Waals surface area contributed by atoms with E-state index in [9.17, 15) is 25.2 Å². The van der Waals surface area contributed by atoms with Crippen molar-refractivity contribution >= 4 is 22.5 Å². The van der Waals surface area contributed by atoms with Gasteiger partial charge in [-0.1, -0.05) is 109 Å². The molecule has 54 heavy (non-hydrogen) atoms. The van der Waals surface area contributed by atoms with Crippen LogP contribution in [0.1, 0.15) is 60.7 Å². The molecular weight excluding hydrogens is 661 g/mol. The number of nitriles is 4. The molecule has 6 aromatic rings. The number of benzene rings is 6. The van der Waals surface area contributed by atoms with Gasteiger partial charge >= 0.3 is 0 Å². The Balaban J connectivity index is 1.77. The molecular formula is C48H24N6. The van der Waals surface area contributed by atoms with Crippen molar-refractivity contribution in [3.05, 3.63) is 212 Å². The molecule has 0 aliphatic heterocycles. The summed E-state index contributed by atoms with van der Waals surface area (Å²) >= 11 is 0. The standard InChI is InChI=1S/C48H24N6/c1-53-42-22-20-35(21-23-42)37-7-4-10-40(25-37)44(30-52)46-45(43(29-51)39-9-3-6-36(24-39)33-16-12-31(27-49)13-17-33)47(46)48(54-2)41-11-5-8-38(26-41)34-18-14-32(28-50)15-19-34/h3-26H/b45-43+,46-44-,48-47-/i3D,4D,5D,6D,7D,8D,9D,10D,11D,12D,13D,14D,15D,16D,17D,18D,19D,20D,21D,22D,23D,24D,25D,26D. The summed E-state index contributed by atoms with van der Waals surface area (Å²) in [5.41, 5.74) is -16.0. The van der Waals surface area contributed by atoms with Gasteiger partial charge in [-0.2, -0.15) is 21.0 Å². The molecule has 0 radical (unpaired) electrons. The minimum absolute atomic E-state index is 0.759. The van der Waals surface area contributed by atoms with E-state index in [0.717, 1.165) is 0 Å². The smallest absolute Gasteiger partial charge is 0.202 e. The highest BCUT2D eigenvalue weighted by Crippen LogP contribution is 2.56. The summed E-state index contributed by atoms with van der Waals surface area (Å²) in [5.74, 6) is 0. The minimum atomic E-state index is -1.15. The number of hydrogen-bond acceptors (Lipinski definition) is 4. The molecule has 0 bridgehead atoms. The van der Waals surface area contributed by atoms with E-state index in [0.29, 0.717) is 0 Å². The summed E-state index contributed by atoms with van der Waals surface area (Å²) in [6.07, 6.45) is 0. The second kappa shape index (κ2) is 14.8. The van der Waals surface area contributed by atoms with Crippen LogP contribution in [0.5, 0.6) is 0 Å². The number of nitrogens with zero attached hydrogens (tertiary/aromatic N) is 6. The van der Waals surface area contributed by atoms with E-state index in [4.69, 9.17) is 41.9 Å². The predicted octanol–water partition coefficient (Wildman–Crippen LogP) is 11.6. The van der Waals surface area contributed by atoms with Crippen LogP contribution in [-0.2, 0) is 0 Å². The Hall–Kier alpha value is -8.52. The van der Waals surface area contributed by atoms with Gasteiger partial charge in [-0.3, -0.25) is 0 Å². The lowest BCUT2D eigenvalue weighted by Gasteiger charge is -2.06. The first-order chi connectivity index (χ1) is 36.5. The van der Waals surface area contributed by atoms with Crippen molar-refractivity contribution < 1.29 is 32.9 Å². The van der Waals surface area contributed by atoms with E-state index in [-0.39, 0.29) is 0 Å². The van der Waals surface area contributed by atoms with Crippen molar-refractivity contribution in [1.82, 2.24) is 0 Å². The van der Waals surface area contributed by atoms with Crippen LogP contribution in [0, 0.1) is 58.5 Å².